The third-order valence-corrected chi connectivity index (χ3v) is 13.3. The number of aliphatic hydroxyl groups excluding tert-OH is 2. The molecular weight excluding hydrogens is 851 g/mol. The number of allylic oxidation sites excluding steroid dienone is 12. The van der Waals surface area contributed by atoms with Gasteiger partial charge in [0.15, 0.2) is 0 Å². The maximum atomic E-state index is 13.3. The lowest BCUT2D eigenvalue weighted by molar-refractivity contribution is -0.151. The van der Waals surface area contributed by atoms with E-state index in [2.05, 4.69) is 99.0 Å². The molecule has 0 aromatic heterocycles. The van der Waals surface area contributed by atoms with Gasteiger partial charge in [0.05, 0.1) is 25.2 Å². The Bertz CT molecular complexity index is 1270. The van der Waals surface area contributed by atoms with Crippen LogP contribution in [0.3, 0.4) is 0 Å². The molecule has 0 saturated carbocycles. The van der Waals surface area contributed by atoms with E-state index >= 15 is 0 Å². The molecule has 0 spiro atoms. The molecule has 0 aromatic carbocycles. The van der Waals surface area contributed by atoms with Crippen molar-refractivity contribution in [1.29, 1.82) is 0 Å². The molecule has 0 heterocycles. The summed E-state index contributed by atoms with van der Waals surface area (Å²) >= 11 is 0. The molecule has 0 radical (unpaired) electrons. The van der Waals surface area contributed by atoms with Crippen LogP contribution in [-0.4, -0.2) is 46.9 Å². The fraction of sp³-hybridized carbons (Fsp3) is 0.778. The lowest BCUT2D eigenvalue weighted by Crippen LogP contribution is -2.46. The second-order valence-corrected chi connectivity index (χ2v) is 20.0. The van der Waals surface area contributed by atoms with Crippen molar-refractivity contribution >= 4 is 11.9 Å². The molecule has 1 amide bonds. The molecule has 0 aromatic rings. The van der Waals surface area contributed by atoms with Gasteiger partial charge >= 0.3 is 5.97 Å². The van der Waals surface area contributed by atoms with E-state index in [0.717, 1.165) is 96.3 Å². The van der Waals surface area contributed by atoms with Crippen molar-refractivity contribution in [2.24, 2.45) is 0 Å². The first-order chi connectivity index (χ1) is 34.0. The first kappa shape index (κ1) is 66.3. The number of hydrogen-bond donors (Lipinski definition) is 3. The fourth-order valence-electron chi connectivity index (χ4n) is 8.74. The summed E-state index contributed by atoms with van der Waals surface area (Å²) in [4.78, 5) is 26.3. The van der Waals surface area contributed by atoms with Crippen LogP contribution in [0.4, 0.5) is 0 Å². The monoisotopic (exact) mass is 964 g/mol. The van der Waals surface area contributed by atoms with Crippen LogP contribution in [-0.2, 0) is 14.3 Å². The number of hydrogen-bond acceptors (Lipinski definition) is 5. The van der Waals surface area contributed by atoms with E-state index in [1.165, 1.54) is 148 Å². The Hall–Kier alpha value is -2.70. The minimum absolute atomic E-state index is 0.0576. The zero-order chi connectivity index (χ0) is 50.2. The fourth-order valence-corrected chi connectivity index (χ4v) is 8.74. The number of amides is 1. The predicted molar refractivity (Wildman–Crippen MR) is 301 cm³/mol. The topological polar surface area (TPSA) is 95.9 Å². The van der Waals surface area contributed by atoms with E-state index in [1.54, 1.807) is 0 Å². The molecule has 0 fully saturated rings. The van der Waals surface area contributed by atoms with Crippen molar-refractivity contribution in [1.82, 2.24) is 5.32 Å². The van der Waals surface area contributed by atoms with Crippen molar-refractivity contribution in [3.63, 3.8) is 0 Å². The Morgan fingerprint density at radius 1 is 0.420 bits per heavy atom. The summed E-state index contributed by atoms with van der Waals surface area (Å²) in [5.74, 6) is -0.512. The standard InChI is InChI=1S/C63H113NO5/c1-4-7-10-13-16-19-22-25-28-30-31-33-35-38-41-44-47-50-53-56-63(68)69-59(54-51-48-45-42-39-36-34-32-29-26-23-20-17-14-11-8-5-2)57-62(67)64-60(58-65)61(66)55-52-49-46-43-40-37-27-24-21-18-15-12-9-6-3/h16-17,19-20,25-26,28-29,31,33,38,41,59-61,65-66H,4-15,18,21-24,27,30,32,34-37,39-40,42-58H2,1-3H3,(H,64,67)/b19-16-,20-17-,28-25-,29-26-,33-31-,41-38-. The molecule has 400 valence electrons. The van der Waals surface area contributed by atoms with Crippen LogP contribution in [0.15, 0.2) is 72.9 Å². The number of unbranched alkanes of at least 4 members (excludes halogenated alkanes) is 29. The quantitative estimate of drug-likeness (QED) is 0.0321. The molecule has 6 heteroatoms. The van der Waals surface area contributed by atoms with Gasteiger partial charge in [-0.05, 0) is 103 Å². The lowest BCUT2D eigenvalue weighted by Gasteiger charge is -2.24. The number of ether oxygens (including phenoxy) is 1. The summed E-state index contributed by atoms with van der Waals surface area (Å²) in [6.07, 6.45) is 72.5. The first-order valence-electron chi connectivity index (χ1n) is 29.7. The largest absolute Gasteiger partial charge is 0.462 e. The first-order valence-corrected chi connectivity index (χ1v) is 29.7. The summed E-state index contributed by atoms with van der Waals surface area (Å²) in [7, 11) is 0. The number of rotatable bonds is 53. The third-order valence-electron chi connectivity index (χ3n) is 13.3. The van der Waals surface area contributed by atoms with Gasteiger partial charge in [0.2, 0.25) is 5.91 Å². The van der Waals surface area contributed by atoms with Crippen LogP contribution >= 0.6 is 0 Å². The van der Waals surface area contributed by atoms with Crippen LogP contribution in [0.1, 0.15) is 290 Å². The van der Waals surface area contributed by atoms with E-state index in [1.807, 2.05) is 0 Å². The van der Waals surface area contributed by atoms with Crippen molar-refractivity contribution in [3.8, 4) is 0 Å². The summed E-state index contributed by atoms with van der Waals surface area (Å²) in [6, 6.07) is -0.715. The Morgan fingerprint density at radius 3 is 1.14 bits per heavy atom. The highest BCUT2D eigenvalue weighted by atomic mass is 16.5. The summed E-state index contributed by atoms with van der Waals surface area (Å²) in [5, 5.41) is 23.9. The SMILES string of the molecule is CCCCC/C=C\C/C=C\C/C=C\C/C=C\CCCCCC(=O)OC(CCCCCCCCC/C=C\C/C=C\CCCCC)CC(=O)NC(CO)C(O)CCCCCCCCCCCCCCCC. The molecule has 0 saturated heterocycles. The maximum absolute atomic E-state index is 13.3. The highest BCUT2D eigenvalue weighted by Gasteiger charge is 2.24. The van der Waals surface area contributed by atoms with E-state index in [0.29, 0.717) is 19.3 Å². The van der Waals surface area contributed by atoms with Crippen LogP contribution in [0.5, 0.6) is 0 Å². The predicted octanol–water partition coefficient (Wildman–Crippen LogP) is 18.5. The van der Waals surface area contributed by atoms with Crippen LogP contribution in [0.25, 0.3) is 0 Å². The van der Waals surface area contributed by atoms with Crippen LogP contribution in [0, 0.1) is 0 Å². The average Bonchev–Trinajstić information content (AvgIpc) is 3.34. The molecule has 0 aliphatic heterocycles. The summed E-state index contributed by atoms with van der Waals surface area (Å²) < 4.78 is 5.95. The molecule has 0 bridgehead atoms. The summed E-state index contributed by atoms with van der Waals surface area (Å²) in [5.41, 5.74) is 0. The number of carbonyl (C=O) groups excluding carboxylic acids is 2. The van der Waals surface area contributed by atoms with Gasteiger partial charge in [0, 0.05) is 6.42 Å². The van der Waals surface area contributed by atoms with Crippen molar-refractivity contribution < 1.29 is 24.5 Å². The normalized spacial score (nSPS) is 13.6. The highest BCUT2D eigenvalue weighted by Crippen LogP contribution is 2.18. The van der Waals surface area contributed by atoms with Gasteiger partial charge in [0.1, 0.15) is 6.10 Å². The average molecular weight is 965 g/mol. The summed E-state index contributed by atoms with van der Waals surface area (Å²) in [6.45, 7) is 6.44. The molecule has 0 rings (SSSR count). The second-order valence-electron chi connectivity index (χ2n) is 20.0. The Morgan fingerprint density at radius 2 is 0.739 bits per heavy atom. The van der Waals surface area contributed by atoms with Gasteiger partial charge in [-0.2, -0.15) is 0 Å². The molecule has 69 heavy (non-hydrogen) atoms. The minimum Gasteiger partial charge on any atom is -0.462 e. The molecule has 3 N–H and O–H groups in total. The van der Waals surface area contributed by atoms with Gasteiger partial charge in [-0.25, -0.2) is 0 Å². The zero-order valence-electron chi connectivity index (χ0n) is 45.7. The minimum atomic E-state index is -0.799. The van der Waals surface area contributed by atoms with Crippen molar-refractivity contribution in [3.05, 3.63) is 72.9 Å². The van der Waals surface area contributed by atoms with E-state index < -0.39 is 18.2 Å². The van der Waals surface area contributed by atoms with Crippen molar-refractivity contribution in [2.45, 2.75) is 309 Å². The molecular formula is C63H113NO5. The number of aliphatic hydroxyl groups is 2. The van der Waals surface area contributed by atoms with E-state index in [4.69, 9.17) is 4.74 Å². The maximum Gasteiger partial charge on any atom is 0.306 e. The zero-order valence-corrected chi connectivity index (χ0v) is 45.7. The van der Waals surface area contributed by atoms with Gasteiger partial charge in [0.25, 0.3) is 0 Å². The van der Waals surface area contributed by atoms with Gasteiger partial charge < -0.3 is 20.3 Å². The molecule has 3 unspecified atom stereocenters. The van der Waals surface area contributed by atoms with E-state index in [-0.39, 0.29) is 24.9 Å². The molecule has 0 aliphatic carbocycles. The van der Waals surface area contributed by atoms with Gasteiger partial charge in [-0.1, -0.05) is 248 Å². The Kier molecular flexibility index (Phi) is 54.0. The van der Waals surface area contributed by atoms with Crippen LogP contribution < -0.4 is 5.32 Å². The molecule has 6 nitrogen and oxygen atoms in total. The van der Waals surface area contributed by atoms with Crippen molar-refractivity contribution in [2.75, 3.05) is 6.61 Å². The smallest absolute Gasteiger partial charge is 0.306 e. The second kappa shape index (κ2) is 56.2. The Labute approximate surface area is 428 Å². The number of carbonyl (C=O) groups is 2. The Balaban J connectivity index is 4.64. The highest BCUT2D eigenvalue weighted by molar-refractivity contribution is 5.77. The van der Waals surface area contributed by atoms with Gasteiger partial charge in [-0.15, -0.1) is 0 Å². The van der Waals surface area contributed by atoms with Gasteiger partial charge in [-0.3, -0.25) is 9.59 Å². The molecule has 0 aliphatic rings. The number of esters is 1. The van der Waals surface area contributed by atoms with E-state index in [9.17, 15) is 19.8 Å². The third kappa shape index (κ3) is 51.5. The lowest BCUT2D eigenvalue weighted by atomic mass is 10.0. The number of nitrogens with one attached hydrogen (secondary N) is 1. The van der Waals surface area contributed by atoms with Crippen LogP contribution in [0.2, 0.25) is 0 Å². The molecule has 3 atom stereocenters.